The highest BCUT2D eigenvalue weighted by atomic mass is 16.2. The van der Waals surface area contributed by atoms with E-state index in [4.69, 9.17) is 0 Å². The molecular formula is C17H18N4O. The molecule has 0 bridgehead atoms. The molecule has 1 aliphatic heterocycles. The summed E-state index contributed by atoms with van der Waals surface area (Å²) in [5, 5.41) is 5.33. The number of rotatable bonds is 3. The third kappa shape index (κ3) is 2.28. The maximum atomic E-state index is 12.8. The SMILES string of the molecule is O=C(c1cc2ccccc2[nH]1)N1CCCC1Cn1cccn1. The van der Waals surface area contributed by atoms with Gasteiger partial charge in [0.05, 0.1) is 12.6 Å². The number of amides is 1. The Morgan fingerprint density at radius 1 is 1.32 bits per heavy atom. The van der Waals surface area contributed by atoms with Gasteiger partial charge in [0.25, 0.3) is 5.91 Å². The summed E-state index contributed by atoms with van der Waals surface area (Å²) in [5.41, 5.74) is 1.68. The number of aromatic nitrogens is 3. The second-order valence-electron chi connectivity index (χ2n) is 5.79. The molecule has 0 radical (unpaired) electrons. The second kappa shape index (κ2) is 5.33. The Morgan fingerprint density at radius 2 is 2.23 bits per heavy atom. The van der Waals surface area contributed by atoms with Gasteiger partial charge in [-0.1, -0.05) is 18.2 Å². The van der Waals surface area contributed by atoms with Crippen LogP contribution >= 0.6 is 0 Å². The van der Waals surface area contributed by atoms with Crippen molar-refractivity contribution in [3.8, 4) is 0 Å². The molecule has 3 aromatic rings. The summed E-state index contributed by atoms with van der Waals surface area (Å²) in [6.45, 7) is 1.58. The Labute approximate surface area is 128 Å². The molecule has 3 heterocycles. The fraction of sp³-hybridized carbons (Fsp3) is 0.294. The van der Waals surface area contributed by atoms with Crippen LogP contribution in [0.5, 0.6) is 0 Å². The molecule has 1 N–H and O–H groups in total. The molecule has 1 fully saturated rings. The van der Waals surface area contributed by atoms with Crippen LogP contribution in [-0.4, -0.2) is 38.2 Å². The molecule has 1 amide bonds. The summed E-state index contributed by atoms with van der Waals surface area (Å²) in [6, 6.07) is 12.1. The van der Waals surface area contributed by atoms with Gasteiger partial charge in [-0.2, -0.15) is 5.10 Å². The van der Waals surface area contributed by atoms with Crippen LogP contribution in [0.1, 0.15) is 23.3 Å². The maximum absolute atomic E-state index is 12.8. The van der Waals surface area contributed by atoms with Crippen LogP contribution < -0.4 is 0 Å². The molecule has 4 rings (SSSR count). The molecule has 1 aromatic carbocycles. The van der Waals surface area contributed by atoms with E-state index in [0.29, 0.717) is 5.69 Å². The van der Waals surface area contributed by atoms with Crippen LogP contribution in [0.4, 0.5) is 0 Å². The first-order chi connectivity index (χ1) is 10.8. The Morgan fingerprint density at radius 3 is 3.05 bits per heavy atom. The first-order valence-electron chi connectivity index (χ1n) is 7.67. The van der Waals surface area contributed by atoms with E-state index in [1.54, 1.807) is 6.20 Å². The van der Waals surface area contributed by atoms with Crippen LogP contribution in [0.15, 0.2) is 48.8 Å². The summed E-state index contributed by atoms with van der Waals surface area (Å²) in [7, 11) is 0. The first-order valence-corrected chi connectivity index (χ1v) is 7.67. The van der Waals surface area contributed by atoms with Crippen LogP contribution in [-0.2, 0) is 6.54 Å². The van der Waals surface area contributed by atoms with E-state index in [0.717, 1.165) is 36.8 Å². The zero-order valence-electron chi connectivity index (χ0n) is 12.3. The number of para-hydroxylation sites is 1. The quantitative estimate of drug-likeness (QED) is 0.807. The van der Waals surface area contributed by atoms with Gasteiger partial charge in [-0.05, 0) is 31.0 Å². The van der Waals surface area contributed by atoms with Crippen LogP contribution in [0.2, 0.25) is 0 Å². The van der Waals surface area contributed by atoms with Gasteiger partial charge in [0, 0.05) is 29.8 Å². The highest BCUT2D eigenvalue weighted by Crippen LogP contribution is 2.23. The van der Waals surface area contributed by atoms with Gasteiger partial charge in [-0.25, -0.2) is 0 Å². The van der Waals surface area contributed by atoms with Crippen molar-refractivity contribution in [3.63, 3.8) is 0 Å². The Bertz CT molecular complexity index is 757. The fourth-order valence-electron chi connectivity index (χ4n) is 3.26. The highest BCUT2D eigenvalue weighted by Gasteiger charge is 2.30. The minimum Gasteiger partial charge on any atom is -0.351 e. The lowest BCUT2D eigenvalue weighted by Crippen LogP contribution is -2.38. The number of nitrogens with one attached hydrogen (secondary N) is 1. The van der Waals surface area contributed by atoms with E-state index in [1.165, 1.54) is 0 Å². The van der Waals surface area contributed by atoms with Crippen molar-refractivity contribution in [2.75, 3.05) is 6.54 Å². The second-order valence-corrected chi connectivity index (χ2v) is 5.79. The largest absolute Gasteiger partial charge is 0.351 e. The molecule has 2 aromatic heterocycles. The van der Waals surface area contributed by atoms with Crippen molar-refractivity contribution in [1.29, 1.82) is 0 Å². The zero-order valence-corrected chi connectivity index (χ0v) is 12.3. The minimum absolute atomic E-state index is 0.0888. The normalized spacial score (nSPS) is 18.2. The zero-order chi connectivity index (χ0) is 14.9. The first kappa shape index (κ1) is 13.1. The molecule has 5 nitrogen and oxygen atoms in total. The highest BCUT2D eigenvalue weighted by molar-refractivity contribution is 5.98. The molecule has 1 saturated heterocycles. The lowest BCUT2D eigenvalue weighted by molar-refractivity contribution is 0.0716. The number of nitrogens with zero attached hydrogens (tertiary/aromatic N) is 3. The Kier molecular flexibility index (Phi) is 3.18. The monoisotopic (exact) mass is 294 g/mol. The van der Waals surface area contributed by atoms with Crippen LogP contribution in [0.3, 0.4) is 0 Å². The number of benzene rings is 1. The van der Waals surface area contributed by atoms with E-state index in [9.17, 15) is 4.79 Å². The number of likely N-dealkylation sites (tertiary alicyclic amines) is 1. The Balaban J connectivity index is 1.58. The van der Waals surface area contributed by atoms with Crippen molar-refractivity contribution >= 4 is 16.8 Å². The molecule has 5 heteroatoms. The molecule has 112 valence electrons. The molecule has 22 heavy (non-hydrogen) atoms. The molecule has 0 aliphatic carbocycles. The standard InChI is InChI=1S/C17H18N4O/c22-17(16-11-13-5-1-2-7-15(13)19-16)21-10-3-6-14(21)12-20-9-4-8-18-20/h1-2,4-5,7-9,11,14,19H,3,6,10,12H2. The van der Waals surface area contributed by atoms with Crippen molar-refractivity contribution < 1.29 is 4.79 Å². The number of H-pyrrole nitrogens is 1. The van der Waals surface area contributed by atoms with Crippen LogP contribution in [0.25, 0.3) is 10.9 Å². The smallest absolute Gasteiger partial charge is 0.270 e. The Hall–Kier alpha value is -2.56. The molecule has 0 saturated carbocycles. The third-order valence-corrected chi connectivity index (χ3v) is 4.36. The number of aromatic amines is 1. The van der Waals surface area contributed by atoms with Gasteiger partial charge >= 0.3 is 0 Å². The van der Waals surface area contributed by atoms with Crippen molar-refractivity contribution in [3.05, 3.63) is 54.5 Å². The van der Waals surface area contributed by atoms with E-state index in [-0.39, 0.29) is 11.9 Å². The summed E-state index contributed by atoms with van der Waals surface area (Å²) in [6.07, 6.45) is 5.81. The fourth-order valence-corrected chi connectivity index (χ4v) is 3.26. The number of hydrogen-bond donors (Lipinski definition) is 1. The maximum Gasteiger partial charge on any atom is 0.270 e. The lowest BCUT2D eigenvalue weighted by atomic mass is 10.2. The van der Waals surface area contributed by atoms with Crippen molar-refractivity contribution in [1.82, 2.24) is 19.7 Å². The number of carbonyl (C=O) groups is 1. The average Bonchev–Trinajstić information content (AvgIpc) is 3.27. The topological polar surface area (TPSA) is 53.9 Å². The molecule has 1 atom stereocenters. The van der Waals surface area contributed by atoms with E-state index in [2.05, 4.69) is 10.1 Å². The molecular weight excluding hydrogens is 276 g/mol. The number of hydrogen-bond acceptors (Lipinski definition) is 2. The summed E-state index contributed by atoms with van der Waals surface area (Å²) < 4.78 is 1.90. The van der Waals surface area contributed by atoms with Crippen LogP contribution in [0, 0.1) is 0 Å². The number of fused-ring (bicyclic) bond motifs is 1. The number of carbonyl (C=O) groups excluding carboxylic acids is 1. The molecule has 1 unspecified atom stereocenters. The van der Waals surface area contributed by atoms with Gasteiger partial charge < -0.3 is 9.88 Å². The van der Waals surface area contributed by atoms with Gasteiger partial charge in [0.1, 0.15) is 5.69 Å². The molecule has 0 spiro atoms. The lowest BCUT2D eigenvalue weighted by Gasteiger charge is -2.24. The minimum atomic E-state index is 0.0888. The van der Waals surface area contributed by atoms with Crippen molar-refractivity contribution in [2.45, 2.75) is 25.4 Å². The van der Waals surface area contributed by atoms with Gasteiger partial charge in [-0.15, -0.1) is 0 Å². The summed E-state index contributed by atoms with van der Waals surface area (Å²) in [4.78, 5) is 18.0. The van der Waals surface area contributed by atoms with E-state index in [1.807, 2.05) is 52.2 Å². The van der Waals surface area contributed by atoms with Gasteiger partial charge in [0.15, 0.2) is 0 Å². The molecule has 1 aliphatic rings. The average molecular weight is 294 g/mol. The third-order valence-electron chi connectivity index (χ3n) is 4.36. The van der Waals surface area contributed by atoms with E-state index < -0.39 is 0 Å². The predicted molar refractivity (Wildman–Crippen MR) is 84.6 cm³/mol. The summed E-state index contributed by atoms with van der Waals surface area (Å²) >= 11 is 0. The van der Waals surface area contributed by atoms with Crippen molar-refractivity contribution in [2.24, 2.45) is 0 Å². The van der Waals surface area contributed by atoms with Gasteiger partial charge in [0.2, 0.25) is 0 Å². The van der Waals surface area contributed by atoms with Gasteiger partial charge in [-0.3, -0.25) is 9.48 Å². The summed E-state index contributed by atoms with van der Waals surface area (Å²) in [5.74, 6) is 0.0888. The predicted octanol–water partition coefficient (Wildman–Crippen LogP) is 2.67. The van der Waals surface area contributed by atoms with E-state index >= 15 is 0 Å².